The van der Waals surface area contributed by atoms with Crippen LogP contribution in [-0.2, 0) is 4.74 Å². The zero-order valence-electron chi connectivity index (χ0n) is 22.3. The van der Waals surface area contributed by atoms with Crippen molar-refractivity contribution in [3.63, 3.8) is 0 Å². The van der Waals surface area contributed by atoms with E-state index in [2.05, 4.69) is 72.4 Å². The van der Waals surface area contributed by atoms with Crippen LogP contribution in [-0.4, -0.2) is 11.2 Å². The van der Waals surface area contributed by atoms with Crippen molar-refractivity contribution in [1.82, 2.24) is 0 Å². The number of hydrogen-bond donors (Lipinski definition) is 0. The normalized spacial score (nSPS) is 26.4. The number of allylic oxidation sites excluding steroid dienone is 5. The summed E-state index contributed by atoms with van der Waals surface area (Å²) in [6.07, 6.45) is 22.6. The highest BCUT2D eigenvalue weighted by molar-refractivity contribution is 5.44. The van der Waals surface area contributed by atoms with Gasteiger partial charge in [0.25, 0.3) is 0 Å². The van der Waals surface area contributed by atoms with E-state index >= 15 is 0 Å². The first kappa shape index (κ1) is 26.9. The van der Waals surface area contributed by atoms with E-state index < -0.39 is 0 Å². The molecular weight excluding hydrogens is 388 g/mol. The zero-order chi connectivity index (χ0) is 23.6. The number of ether oxygens (including phenoxy) is 1. The van der Waals surface area contributed by atoms with Crippen molar-refractivity contribution in [2.24, 2.45) is 0 Å². The minimum atomic E-state index is -0.200. The number of fused-ring (bicyclic) bond motifs is 1. The molecule has 2 aliphatic rings. The second-order valence-corrected chi connectivity index (χ2v) is 10.7. The smallest absolute Gasteiger partial charge is 0.118 e. The maximum Gasteiger partial charge on any atom is 0.118 e. The molecule has 0 radical (unpaired) electrons. The number of unbranched alkanes of at least 4 members (excludes halogenated alkanes) is 3. The van der Waals surface area contributed by atoms with Gasteiger partial charge in [-0.1, -0.05) is 62.8 Å². The molecule has 0 bridgehead atoms. The Kier molecular flexibility index (Phi) is 10.8. The van der Waals surface area contributed by atoms with Crippen molar-refractivity contribution >= 4 is 0 Å². The number of rotatable bonds is 13. The highest BCUT2D eigenvalue weighted by atomic mass is 16.5. The SMILES string of the molecule is CCCCC=C(C)CCC=C(C)CCCC1(C)CCC2=C=CC(C)=C(C)C2(CCCC)O1. The summed E-state index contributed by atoms with van der Waals surface area (Å²) in [5.41, 5.74) is 10.6. The van der Waals surface area contributed by atoms with Gasteiger partial charge in [0.2, 0.25) is 0 Å². The summed E-state index contributed by atoms with van der Waals surface area (Å²) >= 11 is 0. The molecule has 0 N–H and O–H groups in total. The van der Waals surface area contributed by atoms with Crippen LogP contribution in [0.1, 0.15) is 132 Å². The molecule has 32 heavy (non-hydrogen) atoms. The van der Waals surface area contributed by atoms with Crippen LogP contribution >= 0.6 is 0 Å². The highest BCUT2D eigenvalue weighted by Crippen LogP contribution is 2.49. The lowest BCUT2D eigenvalue weighted by molar-refractivity contribution is -0.144. The Hall–Kier alpha value is -1.30. The largest absolute Gasteiger partial charge is 0.359 e. The molecule has 1 heteroatoms. The van der Waals surface area contributed by atoms with Crippen LogP contribution in [0, 0.1) is 0 Å². The quantitative estimate of drug-likeness (QED) is 0.158. The summed E-state index contributed by atoms with van der Waals surface area (Å²) in [6.45, 7) is 16.0. The lowest BCUT2D eigenvalue weighted by Crippen LogP contribution is -2.50. The summed E-state index contributed by atoms with van der Waals surface area (Å²) in [4.78, 5) is 0. The summed E-state index contributed by atoms with van der Waals surface area (Å²) in [5, 5.41) is 0. The van der Waals surface area contributed by atoms with Crippen LogP contribution in [0.3, 0.4) is 0 Å². The lowest BCUT2D eigenvalue weighted by atomic mass is 9.71. The van der Waals surface area contributed by atoms with Crippen molar-refractivity contribution in [3.05, 3.63) is 51.8 Å². The van der Waals surface area contributed by atoms with Crippen LogP contribution in [0.2, 0.25) is 0 Å². The van der Waals surface area contributed by atoms with Crippen LogP contribution < -0.4 is 0 Å². The third kappa shape index (κ3) is 7.36. The topological polar surface area (TPSA) is 9.23 Å². The van der Waals surface area contributed by atoms with E-state index in [0.29, 0.717) is 0 Å². The monoisotopic (exact) mass is 438 g/mol. The number of hydrogen-bond acceptors (Lipinski definition) is 1. The minimum absolute atomic E-state index is 0.0311. The van der Waals surface area contributed by atoms with Crippen molar-refractivity contribution in [1.29, 1.82) is 0 Å². The van der Waals surface area contributed by atoms with Gasteiger partial charge in [-0.05, 0) is 110 Å². The van der Waals surface area contributed by atoms with Gasteiger partial charge in [0.15, 0.2) is 0 Å². The van der Waals surface area contributed by atoms with Gasteiger partial charge in [-0.25, -0.2) is 0 Å². The molecule has 2 unspecified atom stereocenters. The second kappa shape index (κ2) is 12.8. The van der Waals surface area contributed by atoms with Crippen LogP contribution in [0.25, 0.3) is 0 Å². The van der Waals surface area contributed by atoms with Crippen molar-refractivity contribution < 1.29 is 4.74 Å². The molecule has 2 rings (SSSR count). The van der Waals surface area contributed by atoms with E-state index in [0.717, 1.165) is 25.7 Å². The molecule has 1 saturated heterocycles. The summed E-state index contributed by atoms with van der Waals surface area (Å²) in [7, 11) is 0. The molecule has 1 fully saturated rings. The minimum Gasteiger partial charge on any atom is -0.359 e. The Balaban J connectivity index is 1.91. The molecule has 2 atom stereocenters. The Labute approximate surface area is 199 Å². The molecule has 1 nitrogen and oxygen atoms in total. The Morgan fingerprint density at radius 3 is 2.38 bits per heavy atom. The average molecular weight is 439 g/mol. The first-order chi connectivity index (χ1) is 15.3. The van der Waals surface area contributed by atoms with Gasteiger partial charge < -0.3 is 4.74 Å². The highest BCUT2D eigenvalue weighted by Gasteiger charge is 2.47. The van der Waals surface area contributed by atoms with E-state index in [-0.39, 0.29) is 11.2 Å². The summed E-state index contributed by atoms with van der Waals surface area (Å²) < 4.78 is 7.09. The van der Waals surface area contributed by atoms with Crippen LogP contribution in [0.5, 0.6) is 0 Å². The van der Waals surface area contributed by atoms with Crippen LogP contribution in [0.4, 0.5) is 0 Å². The molecule has 0 saturated carbocycles. The fraction of sp³-hybridized carbons (Fsp3) is 0.710. The molecule has 1 aliphatic heterocycles. The van der Waals surface area contributed by atoms with Gasteiger partial charge in [-0.15, -0.1) is 5.73 Å². The van der Waals surface area contributed by atoms with Gasteiger partial charge >= 0.3 is 0 Å². The predicted molar refractivity (Wildman–Crippen MR) is 141 cm³/mol. The Morgan fingerprint density at radius 1 is 0.969 bits per heavy atom. The fourth-order valence-electron chi connectivity index (χ4n) is 5.27. The Bertz CT molecular complexity index is 770. The van der Waals surface area contributed by atoms with E-state index in [4.69, 9.17) is 4.74 Å². The van der Waals surface area contributed by atoms with Crippen molar-refractivity contribution in [3.8, 4) is 0 Å². The molecule has 1 aliphatic carbocycles. The van der Waals surface area contributed by atoms with Gasteiger partial charge in [0.05, 0.1) is 5.60 Å². The summed E-state index contributed by atoms with van der Waals surface area (Å²) in [6, 6.07) is 0. The van der Waals surface area contributed by atoms with E-state index in [9.17, 15) is 0 Å². The predicted octanol–water partition coefficient (Wildman–Crippen LogP) is 9.95. The van der Waals surface area contributed by atoms with Crippen molar-refractivity contribution in [2.75, 3.05) is 0 Å². The molecule has 1 heterocycles. The first-order valence-corrected chi connectivity index (χ1v) is 13.4. The maximum absolute atomic E-state index is 7.09. The maximum atomic E-state index is 7.09. The zero-order valence-corrected chi connectivity index (χ0v) is 22.3. The summed E-state index contributed by atoms with van der Waals surface area (Å²) in [5.74, 6) is 0. The standard InChI is InChI=1S/C31H50O/c1-8-10-12-15-25(3)16-13-17-26(4)18-14-22-30(7)24-21-29-20-19-27(5)28(6)31(29,32-30)23-11-9-2/h15,17,19H,8-14,16,18,21-24H2,1-7H3. The molecule has 0 amide bonds. The Morgan fingerprint density at radius 2 is 1.66 bits per heavy atom. The molecule has 0 spiro atoms. The third-order valence-corrected chi connectivity index (χ3v) is 7.71. The van der Waals surface area contributed by atoms with Gasteiger partial charge in [0, 0.05) is 5.57 Å². The molecule has 180 valence electrons. The van der Waals surface area contributed by atoms with Crippen molar-refractivity contribution in [2.45, 2.75) is 143 Å². The van der Waals surface area contributed by atoms with Gasteiger partial charge in [-0.3, -0.25) is 0 Å². The second-order valence-electron chi connectivity index (χ2n) is 10.7. The third-order valence-electron chi connectivity index (χ3n) is 7.71. The fourth-order valence-corrected chi connectivity index (χ4v) is 5.27. The van der Waals surface area contributed by atoms with E-state index in [1.165, 1.54) is 74.5 Å². The lowest BCUT2D eigenvalue weighted by Gasteiger charge is -2.50. The molecular formula is C31H50O. The van der Waals surface area contributed by atoms with Crippen LogP contribution in [0.15, 0.2) is 51.8 Å². The van der Waals surface area contributed by atoms with E-state index in [1.807, 2.05) is 0 Å². The average Bonchev–Trinajstić information content (AvgIpc) is 2.75. The van der Waals surface area contributed by atoms with Gasteiger partial charge in [0.1, 0.15) is 5.60 Å². The molecule has 0 aromatic carbocycles. The molecule has 0 aromatic heterocycles. The van der Waals surface area contributed by atoms with Gasteiger partial charge in [-0.2, -0.15) is 0 Å². The van der Waals surface area contributed by atoms with E-state index in [1.54, 1.807) is 11.1 Å². The first-order valence-electron chi connectivity index (χ1n) is 13.4. The molecule has 0 aromatic rings.